The molecule has 0 heterocycles. The van der Waals surface area contributed by atoms with Gasteiger partial charge < -0.3 is 5.32 Å². The zero-order chi connectivity index (χ0) is 15.8. The minimum Gasteiger partial charge on any atom is -0.379 e. The van der Waals surface area contributed by atoms with Crippen molar-refractivity contribution < 1.29 is 5.11 Å². The smallest absolute Gasteiger partial charge is 0.102 e. The summed E-state index contributed by atoms with van der Waals surface area (Å²) in [5, 5.41) is 22.5. The molecule has 2 nitrogen and oxygen atoms in total. The first kappa shape index (κ1) is 14.3. The van der Waals surface area contributed by atoms with Gasteiger partial charge in [0.2, 0.25) is 0 Å². The van der Waals surface area contributed by atoms with Crippen molar-refractivity contribution in [3.05, 3.63) is 54.6 Å². The Hall–Kier alpha value is -2.32. The van der Waals surface area contributed by atoms with Crippen molar-refractivity contribution in [1.29, 1.82) is 0 Å². The number of nitrogens with one attached hydrogen (secondary N) is 1. The van der Waals surface area contributed by atoms with Crippen LogP contribution < -0.4 is 5.32 Å². The molecule has 0 fully saturated rings. The summed E-state index contributed by atoms with van der Waals surface area (Å²) in [7, 11) is 0. The van der Waals surface area contributed by atoms with Crippen LogP contribution in [0.15, 0.2) is 54.6 Å². The van der Waals surface area contributed by atoms with Crippen molar-refractivity contribution in [3.63, 3.8) is 0 Å². The molecule has 0 aromatic heterocycles. The lowest BCUT2D eigenvalue weighted by Crippen LogP contribution is -2.22. The molecule has 4 aromatic carbocycles. The van der Waals surface area contributed by atoms with Crippen molar-refractivity contribution in [2.75, 3.05) is 11.9 Å². The van der Waals surface area contributed by atoms with Crippen molar-refractivity contribution in [1.82, 2.24) is 0 Å². The van der Waals surface area contributed by atoms with Gasteiger partial charge in [-0.2, -0.15) is 0 Å². The third-order valence-electron chi connectivity index (χ3n) is 4.73. The third kappa shape index (κ3) is 2.30. The Kier molecular flexibility index (Phi) is 3.55. The Balaban J connectivity index is 1.96. The predicted octanol–water partition coefficient (Wildman–Crippen LogP) is 5.60. The topological polar surface area (TPSA) is 31.9 Å². The Morgan fingerprint density at radius 2 is 1.52 bits per heavy atom. The molecule has 0 bridgehead atoms. The third-order valence-corrected chi connectivity index (χ3v) is 4.73. The summed E-state index contributed by atoms with van der Waals surface area (Å²) in [4.78, 5) is 0. The van der Waals surface area contributed by atoms with E-state index in [0.29, 0.717) is 0 Å². The Morgan fingerprint density at radius 1 is 0.870 bits per heavy atom. The summed E-state index contributed by atoms with van der Waals surface area (Å²) in [5.74, 6) is 0. The molecule has 1 radical (unpaired) electrons. The summed E-state index contributed by atoms with van der Waals surface area (Å²) >= 11 is 0. The minimum absolute atomic E-state index is 0.00141. The highest BCUT2D eigenvalue weighted by molar-refractivity contribution is 6.25. The van der Waals surface area contributed by atoms with E-state index in [2.05, 4.69) is 66.8 Å². The fourth-order valence-electron chi connectivity index (χ4n) is 3.63. The molecular weight excluding hydrogens is 282 g/mol. The standard InChI is InChI=1S/C21H20NO/c1-2-4-17(13-23)22-19-12-10-16-8-7-14-5-3-6-15-9-11-18(19)21(16)20(14)15/h3,5-12,17,22H,2,4,13H2,1H3. The van der Waals surface area contributed by atoms with Crippen LogP contribution in [0.1, 0.15) is 19.8 Å². The second-order valence-electron chi connectivity index (χ2n) is 6.27. The molecule has 0 saturated heterocycles. The molecule has 0 aliphatic heterocycles. The van der Waals surface area contributed by atoms with Crippen LogP contribution in [-0.2, 0) is 5.11 Å². The van der Waals surface area contributed by atoms with Crippen molar-refractivity contribution in [2.45, 2.75) is 25.8 Å². The van der Waals surface area contributed by atoms with E-state index in [1.807, 2.05) is 0 Å². The van der Waals surface area contributed by atoms with E-state index in [9.17, 15) is 5.11 Å². The van der Waals surface area contributed by atoms with Crippen LogP contribution in [-0.4, -0.2) is 12.6 Å². The minimum atomic E-state index is -0.0875. The van der Waals surface area contributed by atoms with Gasteiger partial charge in [-0.25, -0.2) is 5.11 Å². The van der Waals surface area contributed by atoms with E-state index < -0.39 is 0 Å². The van der Waals surface area contributed by atoms with E-state index in [-0.39, 0.29) is 12.6 Å². The van der Waals surface area contributed by atoms with Gasteiger partial charge in [0, 0.05) is 11.1 Å². The molecule has 1 atom stereocenters. The highest BCUT2D eigenvalue weighted by atomic mass is 16.3. The van der Waals surface area contributed by atoms with E-state index in [0.717, 1.165) is 18.5 Å². The highest BCUT2D eigenvalue weighted by Crippen LogP contribution is 2.37. The molecule has 0 aliphatic carbocycles. The van der Waals surface area contributed by atoms with Crippen LogP contribution in [0, 0.1) is 0 Å². The van der Waals surface area contributed by atoms with Gasteiger partial charge in [0.1, 0.15) is 6.61 Å². The van der Waals surface area contributed by atoms with Crippen LogP contribution in [0.25, 0.3) is 32.3 Å². The zero-order valence-corrected chi connectivity index (χ0v) is 13.3. The molecule has 0 saturated carbocycles. The number of hydrogen-bond donors (Lipinski definition) is 1. The quantitative estimate of drug-likeness (QED) is 0.478. The van der Waals surface area contributed by atoms with Gasteiger partial charge in [-0.05, 0) is 39.4 Å². The molecule has 1 N–H and O–H groups in total. The normalized spacial score (nSPS) is 13.1. The summed E-state index contributed by atoms with van der Waals surface area (Å²) < 4.78 is 0. The molecule has 0 spiro atoms. The summed E-state index contributed by atoms with van der Waals surface area (Å²) in [6, 6.07) is 19.4. The predicted molar refractivity (Wildman–Crippen MR) is 98.0 cm³/mol. The summed E-state index contributed by atoms with van der Waals surface area (Å²) in [5.41, 5.74) is 1.07. The Morgan fingerprint density at radius 3 is 2.22 bits per heavy atom. The molecule has 4 aromatic rings. The lowest BCUT2D eigenvalue weighted by Gasteiger charge is -2.19. The van der Waals surface area contributed by atoms with Gasteiger partial charge in [-0.3, -0.25) is 0 Å². The van der Waals surface area contributed by atoms with Crippen LogP contribution in [0.2, 0.25) is 0 Å². The molecule has 23 heavy (non-hydrogen) atoms. The van der Waals surface area contributed by atoms with Gasteiger partial charge in [0.15, 0.2) is 0 Å². The van der Waals surface area contributed by atoms with Gasteiger partial charge in [0.25, 0.3) is 0 Å². The average Bonchev–Trinajstić information content (AvgIpc) is 2.60. The van der Waals surface area contributed by atoms with Gasteiger partial charge >= 0.3 is 0 Å². The zero-order valence-electron chi connectivity index (χ0n) is 13.3. The molecule has 1 unspecified atom stereocenters. The molecule has 0 amide bonds. The fourth-order valence-corrected chi connectivity index (χ4v) is 3.63. The summed E-state index contributed by atoms with van der Waals surface area (Å²) in [6.45, 7) is 2.03. The maximum atomic E-state index is 11.4. The van der Waals surface area contributed by atoms with Crippen LogP contribution in [0.3, 0.4) is 0 Å². The second kappa shape index (κ2) is 5.71. The number of anilines is 1. The van der Waals surface area contributed by atoms with E-state index in [1.54, 1.807) is 0 Å². The number of hydrogen-bond acceptors (Lipinski definition) is 1. The van der Waals surface area contributed by atoms with E-state index >= 15 is 0 Å². The van der Waals surface area contributed by atoms with E-state index in [4.69, 9.17) is 0 Å². The highest BCUT2D eigenvalue weighted by Gasteiger charge is 2.13. The second-order valence-corrected chi connectivity index (χ2v) is 6.27. The average molecular weight is 302 g/mol. The van der Waals surface area contributed by atoms with Crippen LogP contribution in [0.4, 0.5) is 5.69 Å². The lowest BCUT2D eigenvalue weighted by molar-refractivity contribution is 0.175. The first-order valence-corrected chi connectivity index (χ1v) is 8.33. The van der Waals surface area contributed by atoms with Gasteiger partial charge in [0.05, 0.1) is 6.04 Å². The Bertz CT molecular complexity index is 944. The molecular formula is C21H20NO. The maximum absolute atomic E-state index is 11.4. The molecule has 2 heteroatoms. The lowest BCUT2D eigenvalue weighted by atomic mass is 9.93. The largest absolute Gasteiger partial charge is 0.379 e. The SMILES string of the molecule is CCCC(C[O])Nc1ccc2ccc3cccc4ccc1c2c34. The Labute approximate surface area is 136 Å². The van der Waals surface area contributed by atoms with Crippen LogP contribution in [0.5, 0.6) is 0 Å². The van der Waals surface area contributed by atoms with Crippen molar-refractivity contribution in [3.8, 4) is 0 Å². The van der Waals surface area contributed by atoms with Crippen molar-refractivity contribution in [2.24, 2.45) is 0 Å². The maximum Gasteiger partial charge on any atom is 0.102 e. The first-order valence-electron chi connectivity index (χ1n) is 8.33. The van der Waals surface area contributed by atoms with Gasteiger partial charge in [-0.1, -0.05) is 61.9 Å². The van der Waals surface area contributed by atoms with E-state index in [1.165, 1.54) is 32.3 Å². The molecule has 115 valence electrons. The van der Waals surface area contributed by atoms with Crippen molar-refractivity contribution >= 4 is 38.0 Å². The summed E-state index contributed by atoms with van der Waals surface area (Å²) in [6.07, 6.45) is 1.93. The fraction of sp³-hybridized carbons (Fsp3) is 0.238. The monoisotopic (exact) mass is 302 g/mol. The van der Waals surface area contributed by atoms with Crippen LogP contribution >= 0.6 is 0 Å². The van der Waals surface area contributed by atoms with Gasteiger partial charge in [-0.15, -0.1) is 0 Å². The number of benzene rings is 4. The molecule has 0 aliphatic rings. The number of rotatable bonds is 5. The molecule has 4 rings (SSSR count). The first-order chi connectivity index (χ1) is 11.3.